The van der Waals surface area contributed by atoms with Crippen LogP contribution in [0.25, 0.3) is 0 Å². The lowest BCUT2D eigenvalue weighted by atomic mass is 10.2. The summed E-state index contributed by atoms with van der Waals surface area (Å²) in [5.74, 6) is 0.259. The van der Waals surface area contributed by atoms with Gasteiger partial charge in [-0.1, -0.05) is 11.6 Å². The van der Waals surface area contributed by atoms with Gasteiger partial charge in [-0.3, -0.25) is 9.52 Å². The second-order valence-electron chi connectivity index (χ2n) is 6.02. The number of sulfonamides is 1. The molecule has 1 heterocycles. The first-order chi connectivity index (χ1) is 14.3. The van der Waals surface area contributed by atoms with E-state index in [0.717, 1.165) is 0 Å². The van der Waals surface area contributed by atoms with Crippen LogP contribution in [0.15, 0.2) is 65.7 Å². The Bertz CT molecular complexity index is 1150. The van der Waals surface area contributed by atoms with Crippen molar-refractivity contribution < 1.29 is 22.7 Å². The first-order valence-electron chi connectivity index (χ1n) is 8.60. The number of ether oxygens (including phenoxy) is 2. The van der Waals surface area contributed by atoms with Crippen molar-refractivity contribution in [3.05, 3.63) is 71.5 Å². The summed E-state index contributed by atoms with van der Waals surface area (Å²) in [6.07, 6.45) is 1.32. The monoisotopic (exact) mass is 447 g/mol. The molecule has 156 valence electrons. The largest absolute Gasteiger partial charge is 0.497 e. The molecule has 3 aromatic rings. The molecular weight excluding hydrogens is 430 g/mol. The molecule has 30 heavy (non-hydrogen) atoms. The van der Waals surface area contributed by atoms with Gasteiger partial charge in [0.2, 0.25) is 0 Å². The van der Waals surface area contributed by atoms with Crippen LogP contribution in [0.4, 0.5) is 11.4 Å². The molecule has 0 unspecified atom stereocenters. The minimum absolute atomic E-state index is 0.127. The van der Waals surface area contributed by atoms with E-state index >= 15 is 0 Å². The third-order valence-corrected chi connectivity index (χ3v) is 5.67. The molecule has 1 amide bonds. The van der Waals surface area contributed by atoms with Crippen LogP contribution in [-0.2, 0) is 10.0 Å². The van der Waals surface area contributed by atoms with Gasteiger partial charge in [0.05, 0.1) is 19.8 Å². The Kier molecular flexibility index (Phi) is 6.43. The predicted molar refractivity (Wildman–Crippen MR) is 114 cm³/mol. The number of aromatic nitrogens is 1. The van der Waals surface area contributed by atoms with E-state index < -0.39 is 15.9 Å². The Balaban J connectivity index is 1.87. The minimum atomic E-state index is -4.00. The number of nitrogens with zero attached hydrogens (tertiary/aromatic N) is 1. The zero-order chi connectivity index (χ0) is 21.7. The SMILES string of the molecule is COc1ccc(NS(=O)(=O)c2cc(NC(=O)c3ccc(Cl)nc3)ccc2OC)cc1. The van der Waals surface area contributed by atoms with E-state index in [9.17, 15) is 13.2 Å². The van der Waals surface area contributed by atoms with E-state index in [2.05, 4.69) is 15.0 Å². The Morgan fingerprint density at radius 2 is 1.67 bits per heavy atom. The van der Waals surface area contributed by atoms with Crippen molar-refractivity contribution in [3.63, 3.8) is 0 Å². The summed E-state index contributed by atoms with van der Waals surface area (Å²) in [4.78, 5) is 16.1. The summed E-state index contributed by atoms with van der Waals surface area (Å²) in [5.41, 5.74) is 0.890. The highest BCUT2D eigenvalue weighted by Crippen LogP contribution is 2.29. The standard InChI is InChI=1S/C20H18ClN3O5S/c1-28-16-7-4-14(5-8-16)24-30(26,27)18-11-15(6-9-17(18)29-2)23-20(25)13-3-10-19(21)22-12-13/h3-12,24H,1-2H3,(H,23,25). The molecule has 0 saturated carbocycles. The van der Waals surface area contributed by atoms with Crippen LogP contribution in [-0.4, -0.2) is 33.5 Å². The van der Waals surface area contributed by atoms with Crippen molar-refractivity contribution in [2.75, 3.05) is 24.3 Å². The molecule has 10 heteroatoms. The number of nitrogens with one attached hydrogen (secondary N) is 2. The number of carbonyl (C=O) groups is 1. The second-order valence-corrected chi connectivity index (χ2v) is 8.06. The third kappa shape index (κ3) is 5.00. The van der Waals surface area contributed by atoms with Gasteiger partial charge in [0.25, 0.3) is 15.9 Å². The Morgan fingerprint density at radius 3 is 2.27 bits per heavy atom. The molecule has 0 aliphatic carbocycles. The molecule has 0 radical (unpaired) electrons. The van der Waals surface area contributed by atoms with Crippen molar-refractivity contribution in [1.82, 2.24) is 4.98 Å². The van der Waals surface area contributed by atoms with E-state index in [1.807, 2.05) is 0 Å². The van der Waals surface area contributed by atoms with Crippen LogP contribution < -0.4 is 19.5 Å². The fourth-order valence-corrected chi connectivity index (χ4v) is 3.91. The molecule has 0 saturated heterocycles. The van der Waals surface area contributed by atoms with Crippen molar-refractivity contribution in [2.45, 2.75) is 4.90 Å². The summed E-state index contributed by atoms with van der Waals surface area (Å²) in [7, 11) is -1.12. The number of anilines is 2. The van der Waals surface area contributed by atoms with Crippen molar-refractivity contribution >= 4 is 38.9 Å². The third-order valence-electron chi connectivity index (χ3n) is 4.04. The Labute approximate surface area is 178 Å². The van der Waals surface area contributed by atoms with Crippen molar-refractivity contribution in [3.8, 4) is 11.5 Å². The molecule has 0 bridgehead atoms. The fourth-order valence-electron chi connectivity index (χ4n) is 2.55. The van der Waals surface area contributed by atoms with Gasteiger partial charge < -0.3 is 14.8 Å². The lowest BCUT2D eigenvalue weighted by Crippen LogP contribution is -2.16. The Morgan fingerprint density at radius 1 is 0.967 bits per heavy atom. The van der Waals surface area contributed by atoms with E-state index in [1.165, 1.54) is 50.7 Å². The maximum atomic E-state index is 12.9. The number of hydrogen-bond acceptors (Lipinski definition) is 6. The number of pyridine rings is 1. The molecule has 0 aliphatic heterocycles. The normalized spacial score (nSPS) is 10.9. The van der Waals surface area contributed by atoms with Crippen LogP contribution >= 0.6 is 11.6 Å². The van der Waals surface area contributed by atoms with Gasteiger partial charge in [-0.15, -0.1) is 0 Å². The van der Waals surface area contributed by atoms with Gasteiger partial charge in [-0.25, -0.2) is 13.4 Å². The molecular formula is C20H18ClN3O5S. The molecule has 8 nitrogen and oxygen atoms in total. The van der Waals surface area contributed by atoms with E-state index in [1.54, 1.807) is 24.3 Å². The quantitative estimate of drug-likeness (QED) is 0.533. The molecule has 2 aromatic carbocycles. The number of hydrogen-bond donors (Lipinski definition) is 2. The highest BCUT2D eigenvalue weighted by atomic mass is 35.5. The van der Waals surface area contributed by atoms with Crippen LogP contribution in [0.5, 0.6) is 11.5 Å². The van der Waals surface area contributed by atoms with Gasteiger partial charge >= 0.3 is 0 Å². The van der Waals surface area contributed by atoms with Gasteiger partial charge in [0.1, 0.15) is 21.5 Å². The summed E-state index contributed by atoms with van der Waals surface area (Å²) in [6.45, 7) is 0. The molecule has 0 aliphatic rings. The fraction of sp³-hybridized carbons (Fsp3) is 0.100. The highest BCUT2D eigenvalue weighted by Gasteiger charge is 2.21. The zero-order valence-corrected chi connectivity index (χ0v) is 17.6. The molecule has 0 spiro atoms. The Hall–Kier alpha value is -3.30. The number of benzene rings is 2. The van der Waals surface area contributed by atoms with E-state index in [-0.39, 0.29) is 27.0 Å². The number of carbonyl (C=O) groups excluding carboxylic acids is 1. The topological polar surface area (TPSA) is 107 Å². The number of halogens is 1. The average Bonchev–Trinajstić information content (AvgIpc) is 2.74. The first-order valence-corrected chi connectivity index (χ1v) is 10.5. The second kappa shape index (κ2) is 9.02. The van der Waals surface area contributed by atoms with E-state index in [0.29, 0.717) is 11.4 Å². The number of amides is 1. The summed E-state index contributed by atoms with van der Waals surface area (Å²) in [5, 5.41) is 2.89. The van der Waals surface area contributed by atoms with Crippen LogP contribution in [0.3, 0.4) is 0 Å². The molecule has 2 N–H and O–H groups in total. The minimum Gasteiger partial charge on any atom is -0.497 e. The molecule has 0 atom stereocenters. The smallest absolute Gasteiger partial charge is 0.265 e. The average molecular weight is 448 g/mol. The van der Waals surface area contributed by atoms with Crippen LogP contribution in [0.1, 0.15) is 10.4 Å². The summed E-state index contributed by atoms with van der Waals surface area (Å²) in [6, 6.07) is 13.7. The van der Waals surface area contributed by atoms with Gasteiger partial charge in [-0.05, 0) is 54.6 Å². The number of methoxy groups -OCH3 is 2. The first kappa shape index (κ1) is 21.4. The molecule has 0 fully saturated rings. The van der Waals surface area contributed by atoms with Crippen molar-refractivity contribution in [2.24, 2.45) is 0 Å². The predicted octanol–water partition coefficient (Wildman–Crippen LogP) is 3.81. The van der Waals surface area contributed by atoms with Crippen LogP contribution in [0, 0.1) is 0 Å². The highest BCUT2D eigenvalue weighted by molar-refractivity contribution is 7.92. The van der Waals surface area contributed by atoms with Crippen LogP contribution in [0.2, 0.25) is 5.15 Å². The lowest BCUT2D eigenvalue weighted by molar-refractivity contribution is 0.102. The maximum Gasteiger partial charge on any atom is 0.265 e. The summed E-state index contributed by atoms with van der Waals surface area (Å²) >= 11 is 5.73. The molecule has 1 aromatic heterocycles. The molecule has 3 rings (SSSR count). The maximum absolute atomic E-state index is 12.9. The number of rotatable bonds is 7. The summed E-state index contributed by atoms with van der Waals surface area (Å²) < 4.78 is 38.6. The van der Waals surface area contributed by atoms with Gasteiger partial charge in [-0.2, -0.15) is 0 Å². The zero-order valence-electron chi connectivity index (χ0n) is 16.0. The van der Waals surface area contributed by atoms with E-state index in [4.69, 9.17) is 21.1 Å². The van der Waals surface area contributed by atoms with Gasteiger partial charge in [0, 0.05) is 17.6 Å². The van der Waals surface area contributed by atoms with Crippen molar-refractivity contribution in [1.29, 1.82) is 0 Å². The lowest BCUT2D eigenvalue weighted by Gasteiger charge is -2.14. The van der Waals surface area contributed by atoms with Gasteiger partial charge in [0.15, 0.2) is 0 Å².